The van der Waals surface area contributed by atoms with Crippen LogP contribution in [0.15, 0.2) is 6.07 Å². The summed E-state index contributed by atoms with van der Waals surface area (Å²) < 4.78 is 0. The third-order valence-corrected chi connectivity index (χ3v) is 5.36. The number of fused-ring (bicyclic) bond motifs is 1. The molecule has 0 unspecified atom stereocenters. The molecule has 0 spiro atoms. The van der Waals surface area contributed by atoms with Crippen LogP contribution in [0.1, 0.15) is 34.0 Å². The summed E-state index contributed by atoms with van der Waals surface area (Å²) >= 11 is 1.37. The highest BCUT2D eigenvalue weighted by Crippen LogP contribution is 2.39. The van der Waals surface area contributed by atoms with Gasteiger partial charge in [0.25, 0.3) is 5.91 Å². The number of hydroxylamine groups is 1. The summed E-state index contributed by atoms with van der Waals surface area (Å²) in [5.41, 5.74) is 2.40. The standard InChI is InChI=1S/C15H24N4O3S/c1-15(2)9-19(14(21)16-5-6-18(3)4)8-10-7-11(13(20)17-22)23-12(10)15/h7,22H,5-6,8-9H2,1-4H3,(H,16,21)(H,17,20). The molecule has 8 heteroatoms. The molecule has 7 nitrogen and oxygen atoms in total. The Kier molecular flexibility index (Phi) is 5.28. The smallest absolute Gasteiger partial charge is 0.317 e. The lowest BCUT2D eigenvalue weighted by Crippen LogP contribution is -2.49. The van der Waals surface area contributed by atoms with Crippen LogP contribution in [0.4, 0.5) is 4.79 Å². The zero-order chi connectivity index (χ0) is 17.2. The first-order valence-corrected chi connectivity index (χ1v) is 8.31. The van der Waals surface area contributed by atoms with Crippen molar-refractivity contribution in [2.45, 2.75) is 25.8 Å². The number of amides is 3. The van der Waals surface area contributed by atoms with Gasteiger partial charge in [-0.05, 0) is 25.7 Å². The molecule has 3 N–H and O–H groups in total. The number of nitrogens with one attached hydrogen (secondary N) is 2. The van der Waals surface area contributed by atoms with Gasteiger partial charge in [0.2, 0.25) is 0 Å². The van der Waals surface area contributed by atoms with E-state index in [0.717, 1.165) is 17.0 Å². The highest BCUT2D eigenvalue weighted by atomic mass is 32.1. The minimum atomic E-state index is -0.512. The van der Waals surface area contributed by atoms with E-state index in [9.17, 15) is 9.59 Å². The molecular weight excluding hydrogens is 316 g/mol. The average molecular weight is 340 g/mol. The highest BCUT2D eigenvalue weighted by molar-refractivity contribution is 7.14. The lowest BCUT2D eigenvalue weighted by Gasteiger charge is -2.37. The molecule has 1 aliphatic rings. The zero-order valence-corrected chi connectivity index (χ0v) is 14.8. The van der Waals surface area contributed by atoms with E-state index in [-0.39, 0.29) is 11.4 Å². The average Bonchev–Trinajstić information content (AvgIpc) is 2.90. The van der Waals surface area contributed by atoms with Crippen molar-refractivity contribution >= 4 is 23.3 Å². The van der Waals surface area contributed by atoms with Crippen LogP contribution < -0.4 is 10.8 Å². The fourth-order valence-corrected chi connectivity index (χ4v) is 3.89. The van der Waals surface area contributed by atoms with Gasteiger partial charge in [-0.25, -0.2) is 10.3 Å². The fourth-order valence-electron chi connectivity index (χ4n) is 2.74. The number of urea groups is 1. The lowest BCUT2D eigenvalue weighted by atomic mass is 9.85. The van der Waals surface area contributed by atoms with Gasteiger partial charge in [0.15, 0.2) is 0 Å². The summed E-state index contributed by atoms with van der Waals surface area (Å²) in [7, 11) is 3.92. The van der Waals surface area contributed by atoms with Crippen LogP contribution in [0.3, 0.4) is 0 Å². The predicted octanol–water partition coefficient (Wildman–Crippen LogP) is 1.23. The maximum atomic E-state index is 12.4. The molecule has 0 saturated heterocycles. The molecule has 128 valence electrons. The Morgan fingerprint density at radius 3 is 2.74 bits per heavy atom. The van der Waals surface area contributed by atoms with E-state index >= 15 is 0 Å². The predicted molar refractivity (Wildman–Crippen MR) is 89.0 cm³/mol. The molecule has 1 aromatic rings. The molecule has 1 aliphatic heterocycles. The first-order valence-electron chi connectivity index (χ1n) is 7.49. The van der Waals surface area contributed by atoms with Crippen LogP contribution in [-0.4, -0.2) is 60.7 Å². The van der Waals surface area contributed by atoms with Crippen LogP contribution in [-0.2, 0) is 12.0 Å². The van der Waals surface area contributed by atoms with Gasteiger partial charge in [0.1, 0.15) is 0 Å². The van der Waals surface area contributed by atoms with Crippen molar-refractivity contribution in [2.24, 2.45) is 0 Å². The van der Waals surface area contributed by atoms with E-state index in [0.29, 0.717) is 24.5 Å². The molecule has 23 heavy (non-hydrogen) atoms. The minimum Gasteiger partial charge on any atom is -0.337 e. The number of nitrogens with zero attached hydrogens (tertiary/aromatic N) is 2. The quantitative estimate of drug-likeness (QED) is 0.568. The third-order valence-electron chi connectivity index (χ3n) is 3.82. The Bertz CT molecular complexity index is 598. The van der Waals surface area contributed by atoms with Crippen molar-refractivity contribution in [3.05, 3.63) is 21.4 Å². The largest absolute Gasteiger partial charge is 0.337 e. The van der Waals surface area contributed by atoms with Crippen LogP contribution in [0, 0.1) is 0 Å². The Morgan fingerprint density at radius 2 is 2.13 bits per heavy atom. The molecule has 0 aliphatic carbocycles. The molecule has 0 atom stereocenters. The van der Waals surface area contributed by atoms with Crippen molar-refractivity contribution in [3.63, 3.8) is 0 Å². The van der Waals surface area contributed by atoms with E-state index in [1.165, 1.54) is 11.3 Å². The third kappa shape index (κ3) is 4.01. The minimum absolute atomic E-state index is 0.0927. The molecule has 0 saturated carbocycles. The van der Waals surface area contributed by atoms with Crippen molar-refractivity contribution in [1.82, 2.24) is 20.6 Å². The molecule has 0 aromatic carbocycles. The summed E-state index contributed by atoms with van der Waals surface area (Å²) in [4.78, 5) is 29.3. The Balaban J connectivity index is 2.12. The molecule has 0 radical (unpaired) electrons. The summed E-state index contributed by atoms with van der Waals surface area (Å²) in [6, 6.07) is 1.66. The fraction of sp³-hybridized carbons (Fsp3) is 0.600. The van der Waals surface area contributed by atoms with Gasteiger partial charge in [0, 0.05) is 36.5 Å². The Labute approximate surface area is 140 Å². The topological polar surface area (TPSA) is 84.9 Å². The molecule has 2 rings (SSSR count). The van der Waals surface area contributed by atoms with E-state index < -0.39 is 5.91 Å². The second-order valence-corrected chi connectivity index (χ2v) is 7.73. The second kappa shape index (κ2) is 6.86. The monoisotopic (exact) mass is 340 g/mol. The second-order valence-electron chi connectivity index (χ2n) is 6.68. The van der Waals surface area contributed by atoms with Gasteiger partial charge in [0.05, 0.1) is 4.88 Å². The van der Waals surface area contributed by atoms with E-state index in [1.54, 1.807) is 16.4 Å². The first kappa shape index (κ1) is 17.7. The Morgan fingerprint density at radius 1 is 1.43 bits per heavy atom. The zero-order valence-electron chi connectivity index (χ0n) is 14.0. The molecule has 1 aromatic heterocycles. The van der Waals surface area contributed by atoms with Crippen LogP contribution in [0.5, 0.6) is 0 Å². The van der Waals surface area contributed by atoms with Gasteiger partial charge in [-0.15, -0.1) is 11.3 Å². The number of rotatable bonds is 4. The highest BCUT2D eigenvalue weighted by Gasteiger charge is 2.36. The van der Waals surface area contributed by atoms with Gasteiger partial charge in [-0.2, -0.15) is 0 Å². The summed E-state index contributed by atoms with van der Waals surface area (Å²) in [6.07, 6.45) is 0. The van der Waals surface area contributed by atoms with Gasteiger partial charge < -0.3 is 15.1 Å². The maximum absolute atomic E-state index is 12.4. The summed E-state index contributed by atoms with van der Waals surface area (Å²) in [6.45, 7) is 6.56. The molecule has 3 amide bonds. The number of carbonyl (C=O) groups excluding carboxylic acids is 2. The van der Waals surface area contributed by atoms with E-state index in [2.05, 4.69) is 19.2 Å². The molecule has 0 fully saturated rings. The van der Waals surface area contributed by atoms with Crippen molar-refractivity contribution < 1.29 is 14.8 Å². The van der Waals surface area contributed by atoms with Crippen LogP contribution in [0.25, 0.3) is 0 Å². The molecule has 2 heterocycles. The number of hydrogen-bond donors (Lipinski definition) is 3. The van der Waals surface area contributed by atoms with Crippen LogP contribution in [0.2, 0.25) is 0 Å². The van der Waals surface area contributed by atoms with E-state index in [1.807, 2.05) is 19.0 Å². The SMILES string of the molecule is CN(C)CCNC(=O)N1Cc2cc(C(=O)NO)sc2C(C)(C)C1. The van der Waals surface area contributed by atoms with Gasteiger partial charge in [-0.1, -0.05) is 13.8 Å². The number of thiophene rings is 1. The van der Waals surface area contributed by atoms with Crippen LogP contribution >= 0.6 is 11.3 Å². The normalized spacial score (nSPS) is 16.2. The number of hydrogen-bond acceptors (Lipinski definition) is 5. The van der Waals surface area contributed by atoms with Crippen molar-refractivity contribution in [1.29, 1.82) is 0 Å². The summed E-state index contributed by atoms with van der Waals surface area (Å²) in [5, 5.41) is 11.7. The van der Waals surface area contributed by atoms with E-state index in [4.69, 9.17) is 5.21 Å². The summed E-state index contributed by atoms with van der Waals surface area (Å²) in [5.74, 6) is -0.512. The Hall–Kier alpha value is -1.64. The number of carbonyl (C=O) groups is 2. The molecular formula is C15H24N4O3S. The van der Waals surface area contributed by atoms with Crippen molar-refractivity contribution in [2.75, 3.05) is 33.7 Å². The van der Waals surface area contributed by atoms with Gasteiger partial charge >= 0.3 is 6.03 Å². The molecule has 0 bridgehead atoms. The van der Waals surface area contributed by atoms with Crippen molar-refractivity contribution in [3.8, 4) is 0 Å². The number of likely N-dealkylation sites (N-methyl/N-ethyl adjacent to an activating group) is 1. The maximum Gasteiger partial charge on any atom is 0.317 e. The lowest BCUT2D eigenvalue weighted by molar-refractivity contribution is 0.0711. The first-order chi connectivity index (χ1) is 10.7. The van der Waals surface area contributed by atoms with Gasteiger partial charge in [-0.3, -0.25) is 10.0 Å².